The van der Waals surface area contributed by atoms with E-state index in [9.17, 15) is 4.79 Å². The number of esters is 1. The standard InChI is InChI=1S/C17H13NO2S/c1-12-18-14(11-21-12)9-10-17(19)20-16-8-4-6-13-5-2-3-7-15(13)16/h2-11H,1H3/b10-9+. The minimum Gasteiger partial charge on any atom is -0.423 e. The summed E-state index contributed by atoms with van der Waals surface area (Å²) in [4.78, 5) is 16.2. The van der Waals surface area contributed by atoms with Gasteiger partial charge in [0.25, 0.3) is 0 Å². The summed E-state index contributed by atoms with van der Waals surface area (Å²) in [6, 6.07) is 13.5. The summed E-state index contributed by atoms with van der Waals surface area (Å²) in [7, 11) is 0. The van der Waals surface area contributed by atoms with Gasteiger partial charge < -0.3 is 4.74 Å². The Morgan fingerprint density at radius 3 is 2.81 bits per heavy atom. The first-order valence-corrected chi connectivity index (χ1v) is 7.40. The molecule has 0 saturated carbocycles. The largest absolute Gasteiger partial charge is 0.423 e. The summed E-state index contributed by atoms with van der Waals surface area (Å²) in [5, 5.41) is 4.84. The first-order chi connectivity index (χ1) is 10.2. The van der Waals surface area contributed by atoms with E-state index in [0.29, 0.717) is 5.75 Å². The summed E-state index contributed by atoms with van der Waals surface area (Å²) in [5.74, 6) is 0.161. The Balaban J connectivity index is 1.79. The van der Waals surface area contributed by atoms with Gasteiger partial charge in [-0.1, -0.05) is 36.4 Å². The minimum atomic E-state index is -0.406. The number of fused-ring (bicyclic) bond motifs is 1. The Morgan fingerprint density at radius 1 is 1.19 bits per heavy atom. The lowest BCUT2D eigenvalue weighted by molar-refractivity contribution is -0.128. The van der Waals surface area contributed by atoms with Crippen molar-refractivity contribution in [2.45, 2.75) is 6.92 Å². The van der Waals surface area contributed by atoms with Crippen LogP contribution in [-0.4, -0.2) is 11.0 Å². The van der Waals surface area contributed by atoms with Crippen molar-refractivity contribution in [3.63, 3.8) is 0 Å². The van der Waals surface area contributed by atoms with Crippen molar-refractivity contribution in [1.29, 1.82) is 0 Å². The van der Waals surface area contributed by atoms with Crippen LogP contribution in [0.5, 0.6) is 5.75 Å². The van der Waals surface area contributed by atoms with Crippen LogP contribution in [0.2, 0.25) is 0 Å². The van der Waals surface area contributed by atoms with E-state index in [1.54, 1.807) is 23.5 Å². The van der Waals surface area contributed by atoms with E-state index in [4.69, 9.17) is 4.74 Å². The van der Waals surface area contributed by atoms with Crippen LogP contribution in [0.3, 0.4) is 0 Å². The van der Waals surface area contributed by atoms with Gasteiger partial charge >= 0.3 is 5.97 Å². The minimum absolute atomic E-state index is 0.406. The van der Waals surface area contributed by atoms with Crippen molar-refractivity contribution < 1.29 is 9.53 Å². The molecule has 0 N–H and O–H groups in total. The molecule has 1 heterocycles. The van der Waals surface area contributed by atoms with Gasteiger partial charge in [-0.15, -0.1) is 11.3 Å². The molecule has 21 heavy (non-hydrogen) atoms. The van der Waals surface area contributed by atoms with Crippen molar-refractivity contribution in [1.82, 2.24) is 4.98 Å². The number of thiazole rings is 1. The zero-order chi connectivity index (χ0) is 14.7. The fourth-order valence-electron chi connectivity index (χ4n) is 2.04. The van der Waals surface area contributed by atoms with Gasteiger partial charge in [0.1, 0.15) is 5.75 Å². The zero-order valence-electron chi connectivity index (χ0n) is 11.4. The number of nitrogens with zero attached hydrogens (tertiary/aromatic N) is 1. The van der Waals surface area contributed by atoms with Gasteiger partial charge in [0.15, 0.2) is 0 Å². The maximum Gasteiger partial charge on any atom is 0.336 e. The van der Waals surface area contributed by atoms with Crippen molar-refractivity contribution in [2.24, 2.45) is 0 Å². The maximum absolute atomic E-state index is 11.9. The molecule has 0 saturated heterocycles. The number of benzene rings is 2. The summed E-state index contributed by atoms with van der Waals surface area (Å²) >= 11 is 1.55. The molecule has 0 aliphatic carbocycles. The van der Waals surface area contributed by atoms with Crippen LogP contribution in [-0.2, 0) is 4.79 Å². The Hall–Kier alpha value is -2.46. The molecular formula is C17H13NO2S. The van der Waals surface area contributed by atoms with Crippen LogP contribution in [0.4, 0.5) is 0 Å². The van der Waals surface area contributed by atoms with Gasteiger partial charge in [0.2, 0.25) is 0 Å². The molecule has 0 aliphatic rings. The molecule has 0 radical (unpaired) electrons. The summed E-state index contributed by atoms with van der Waals surface area (Å²) in [5.41, 5.74) is 0.771. The topological polar surface area (TPSA) is 39.2 Å². The van der Waals surface area contributed by atoms with Gasteiger partial charge in [0.05, 0.1) is 10.7 Å². The molecule has 1 aromatic heterocycles. The molecule has 0 spiro atoms. The molecule has 4 heteroatoms. The Bertz CT molecular complexity index is 815. The highest BCUT2D eigenvalue weighted by Gasteiger charge is 2.05. The third-order valence-corrected chi connectivity index (χ3v) is 3.78. The van der Waals surface area contributed by atoms with Crippen molar-refractivity contribution in [2.75, 3.05) is 0 Å². The van der Waals surface area contributed by atoms with E-state index in [2.05, 4.69) is 4.98 Å². The fourth-order valence-corrected chi connectivity index (χ4v) is 2.62. The highest BCUT2D eigenvalue weighted by atomic mass is 32.1. The lowest BCUT2D eigenvalue weighted by Gasteiger charge is -2.05. The van der Waals surface area contributed by atoms with E-state index in [1.165, 1.54) is 6.08 Å². The van der Waals surface area contributed by atoms with Crippen LogP contribution < -0.4 is 4.74 Å². The molecule has 2 aromatic carbocycles. The van der Waals surface area contributed by atoms with Gasteiger partial charge in [0, 0.05) is 16.8 Å². The van der Waals surface area contributed by atoms with Crippen LogP contribution in [0.1, 0.15) is 10.7 Å². The van der Waals surface area contributed by atoms with Gasteiger partial charge in [-0.05, 0) is 24.5 Å². The second-order valence-electron chi connectivity index (χ2n) is 4.52. The number of rotatable bonds is 3. The normalized spacial score (nSPS) is 11.1. The molecule has 0 fully saturated rings. The number of aryl methyl sites for hydroxylation is 1. The Labute approximate surface area is 126 Å². The highest BCUT2D eigenvalue weighted by Crippen LogP contribution is 2.25. The average Bonchev–Trinajstić information content (AvgIpc) is 2.91. The molecule has 3 aromatic rings. The average molecular weight is 295 g/mol. The highest BCUT2D eigenvalue weighted by molar-refractivity contribution is 7.09. The van der Waals surface area contributed by atoms with Crippen LogP contribution in [0.15, 0.2) is 53.9 Å². The number of hydrogen-bond acceptors (Lipinski definition) is 4. The molecule has 3 nitrogen and oxygen atoms in total. The second-order valence-corrected chi connectivity index (χ2v) is 5.59. The number of ether oxygens (including phenoxy) is 1. The molecule has 0 bridgehead atoms. The van der Waals surface area contributed by atoms with Crippen molar-refractivity contribution in [3.05, 3.63) is 64.6 Å². The summed E-state index contributed by atoms with van der Waals surface area (Å²) in [6.07, 6.45) is 3.06. The second kappa shape index (κ2) is 5.89. The maximum atomic E-state index is 11.9. The molecule has 0 amide bonds. The monoisotopic (exact) mass is 295 g/mol. The number of carbonyl (C=O) groups excluding carboxylic acids is 1. The fraction of sp³-hybridized carbons (Fsp3) is 0.0588. The lowest BCUT2D eigenvalue weighted by Crippen LogP contribution is -2.03. The molecule has 0 aliphatic heterocycles. The molecule has 0 atom stereocenters. The quantitative estimate of drug-likeness (QED) is 0.412. The first kappa shape index (κ1) is 13.5. The third-order valence-electron chi connectivity index (χ3n) is 2.99. The van der Waals surface area contributed by atoms with E-state index in [-0.39, 0.29) is 0 Å². The predicted molar refractivity (Wildman–Crippen MR) is 85.5 cm³/mol. The zero-order valence-corrected chi connectivity index (χ0v) is 12.3. The van der Waals surface area contributed by atoms with Crippen LogP contribution in [0, 0.1) is 6.92 Å². The van der Waals surface area contributed by atoms with Crippen LogP contribution in [0.25, 0.3) is 16.8 Å². The third kappa shape index (κ3) is 3.17. The Kier molecular flexibility index (Phi) is 3.79. The van der Waals surface area contributed by atoms with Gasteiger partial charge in [-0.3, -0.25) is 0 Å². The Morgan fingerprint density at radius 2 is 2.00 bits per heavy atom. The first-order valence-electron chi connectivity index (χ1n) is 6.52. The van der Waals surface area contributed by atoms with E-state index in [0.717, 1.165) is 21.5 Å². The van der Waals surface area contributed by atoms with E-state index < -0.39 is 5.97 Å². The summed E-state index contributed by atoms with van der Waals surface area (Å²) < 4.78 is 5.41. The van der Waals surface area contributed by atoms with Gasteiger partial charge in [-0.25, -0.2) is 9.78 Å². The number of aromatic nitrogens is 1. The molecular weight excluding hydrogens is 282 g/mol. The number of carbonyl (C=O) groups is 1. The summed E-state index contributed by atoms with van der Waals surface area (Å²) in [6.45, 7) is 1.93. The smallest absolute Gasteiger partial charge is 0.336 e. The number of hydrogen-bond donors (Lipinski definition) is 0. The van der Waals surface area contributed by atoms with Crippen LogP contribution >= 0.6 is 11.3 Å². The van der Waals surface area contributed by atoms with E-state index in [1.807, 2.05) is 48.7 Å². The van der Waals surface area contributed by atoms with E-state index >= 15 is 0 Å². The van der Waals surface area contributed by atoms with Crippen molar-refractivity contribution >= 4 is 34.2 Å². The van der Waals surface area contributed by atoms with Crippen molar-refractivity contribution in [3.8, 4) is 5.75 Å². The SMILES string of the molecule is Cc1nc(/C=C/C(=O)Oc2cccc3ccccc23)cs1. The lowest BCUT2D eigenvalue weighted by atomic mass is 10.1. The molecule has 3 rings (SSSR count). The predicted octanol–water partition coefficient (Wildman–Crippen LogP) is 4.22. The molecule has 0 unspecified atom stereocenters. The molecule has 104 valence electrons. The van der Waals surface area contributed by atoms with Gasteiger partial charge in [-0.2, -0.15) is 0 Å².